The fourth-order valence-electron chi connectivity index (χ4n) is 4.12. The highest BCUT2D eigenvalue weighted by Crippen LogP contribution is 2.30. The number of carbonyl (C=O) groups excluding carboxylic acids is 1. The summed E-state index contributed by atoms with van der Waals surface area (Å²) in [5.74, 6) is 0.600. The second-order valence-corrected chi connectivity index (χ2v) is 10.7. The Morgan fingerprint density at radius 3 is 2.27 bits per heavy atom. The Kier molecular flexibility index (Phi) is 9.97. The lowest BCUT2D eigenvalue weighted by molar-refractivity contribution is -0.177. The lowest BCUT2D eigenvalue weighted by Gasteiger charge is -2.35. The van der Waals surface area contributed by atoms with Crippen molar-refractivity contribution in [1.82, 2.24) is 34.6 Å². The van der Waals surface area contributed by atoms with Crippen LogP contribution in [0.5, 0.6) is 0 Å². The molecule has 0 aliphatic carbocycles. The molecule has 1 N–H and O–H groups in total. The number of fused-ring (bicyclic) bond motifs is 1. The molecule has 0 atom stereocenters. The molecule has 1 aliphatic heterocycles. The SMILES string of the molecule is CC(C)(C)OC(=O)N1CCN(c2nc(Nc3ccncn3)c3c(n2)c(COCC(F)(F)F)nn3CCOCC(F)(F)F)CC1. The van der Waals surface area contributed by atoms with Gasteiger partial charge in [0.15, 0.2) is 5.82 Å². The largest absolute Gasteiger partial charge is 0.444 e. The molecule has 0 unspecified atom stereocenters. The zero-order valence-electron chi connectivity index (χ0n) is 24.1. The van der Waals surface area contributed by atoms with Gasteiger partial charge in [-0.05, 0) is 26.8 Å². The van der Waals surface area contributed by atoms with Crippen molar-refractivity contribution in [1.29, 1.82) is 0 Å². The molecular formula is C25H31F6N9O4. The van der Waals surface area contributed by atoms with E-state index in [1.807, 2.05) is 0 Å². The normalized spacial score (nSPS) is 14.8. The van der Waals surface area contributed by atoms with Gasteiger partial charge in [-0.1, -0.05) is 0 Å². The van der Waals surface area contributed by atoms with Crippen LogP contribution in [0.25, 0.3) is 11.0 Å². The summed E-state index contributed by atoms with van der Waals surface area (Å²) in [5.41, 5.74) is -0.381. The number of alkyl halides is 6. The first-order valence-electron chi connectivity index (χ1n) is 13.4. The number of hydrogen-bond donors (Lipinski definition) is 1. The molecule has 242 valence electrons. The van der Waals surface area contributed by atoms with Crippen LogP contribution in [0.15, 0.2) is 18.6 Å². The molecule has 0 radical (unpaired) electrons. The highest BCUT2D eigenvalue weighted by atomic mass is 19.4. The molecule has 0 aromatic carbocycles. The molecule has 4 rings (SSSR count). The van der Waals surface area contributed by atoms with E-state index >= 15 is 0 Å². The van der Waals surface area contributed by atoms with E-state index < -0.39 is 50.5 Å². The molecule has 1 saturated heterocycles. The van der Waals surface area contributed by atoms with Crippen LogP contribution in [0, 0.1) is 0 Å². The van der Waals surface area contributed by atoms with Crippen molar-refractivity contribution in [3.63, 3.8) is 0 Å². The first kappa shape index (κ1) is 32.9. The molecule has 44 heavy (non-hydrogen) atoms. The van der Waals surface area contributed by atoms with Crippen LogP contribution in [0.1, 0.15) is 26.5 Å². The minimum atomic E-state index is -4.60. The summed E-state index contributed by atoms with van der Waals surface area (Å²) in [6.07, 6.45) is -6.89. The van der Waals surface area contributed by atoms with Crippen LogP contribution in [0.4, 0.5) is 48.7 Å². The standard InChI is InChI=1S/C25H31F6N9O4/c1-23(2,3)44-22(41)39-8-6-38(7-9-39)21-35-18-16(12-43-14-25(29,30)31)37-40(10-11-42-13-24(26,27)28)19(18)20(36-21)34-17-4-5-32-15-33-17/h4-5,15H,6-14H2,1-3H3,(H,32,33,34,35,36). The number of rotatable bonds is 10. The number of aromatic nitrogens is 6. The first-order valence-corrected chi connectivity index (χ1v) is 13.4. The van der Waals surface area contributed by atoms with Gasteiger partial charge in [-0.15, -0.1) is 0 Å². The van der Waals surface area contributed by atoms with Crippen molar-refractivity contribution in [2.24, 2.45) is 0 Å². The minimum absolute atomic E-state index is 0.00171. The quantitative estimate of drug-likeness (QED) is 0.255. The van der Waals surface area contributed by atoms with E-state index in [0.29, 0.717) is 18.9 Å². The predicted molar refractivity (Wildman–Crippen MR) is 143 cm³/mol. The third kappa shape index (κ3) is 9.50. The second-order valence-electron chi connectivity index (χ2n) is 10.7. The number of ether oxygens (including phenoxy) is 3. The highest BCUT2D eigenvalue weighted by Gasteiger charge is 2.31. The van der Waals surface area contributed by atoms with Crippen LogP contribution in [0.3, 0.4) is 0 Å². The molecule has 0 saturated carbocycles. The summed E-state index contributed by atoms with van der Waals surface area (Å²) in [7, 11) is 0. The monoisotopic (exact) mass is 635 g/mol. The van der Waals surface area contributed by atoms with E-state index in [4.69, 9.17) is 14.2 Å². The fraction of sp³-hybridized carbons (Fsp3) is 0.600. The van der Waals surface area contributed by atoms with E-state index in [2.05, 4.69) is 30.4 Å². The van der Waals surface area contributed by atoms with E-state index in [1.165, 1.54) is 28.2 Å². The van der Waals surface area contributed by atoms with Gasteiger partial charge in [0.2, 0.25) is 5.95 Å². The van der Waals surface area contributed by atoms with Gasteiger partial charge in [0.05, 0.1) is 19.8 Å². The summed E-state index contributed by atoms with van der Waals surface area (Å²) in [5, 5.41) is 7.31. The smallest absolute Gasteiger partial charge is 0.411 e. The molecule has 1 fully saturated rings. The maximum absolute atomic E-state index is 12.8. The average Bonchev–Trinajstić information content (AvgIpc) is 3.27. The van der Waals surface area contributed by atoms with Crippen molar-refractivity contribution < 1.29 is 45.3 Å². The Labute approximate surface area is 247 Å². The minimum Gasteiger partial charge on any atom is -0.444 e. The number of anilines is 3. The Hall–Kier alpha value is -4.00. The molecule has 1 aliphatic rings. The Morgan fingerprint density at radius 1 is 0.977 bits per heavy atom. The van der Waals surface area contributed by atoms with Crippen molar-refractivity contribution in [2.75, 3.05) is 56.2 Å². The van der Waals surface area contributed by atoms with Gasteiger partial charge >= 0.3 is 18.4 Å². The topological polar surface area (TPSA) is 133 Å². The number of amides is 1. The van der Waals surface area contributed by atoms with Crippen LogP contribution in [0.2, 0.25) is 0 Å². The van der Waals surface area contributed by atoms with E-state index in [9.17, 15) is 31.1 Å². The predicted octanol–water partition coefficient (Wildman–Crippen LogP) is 4.07. The highest BCUT2D eigenvalue weighted by molar-refractivity contribution is 5.90. The van der Waals surface area contributed by atoms with E-state index in [1.54, 1.807) is 25.7 Å². The van der Waals surface area contributed by atoms with Crippen LogP contribution >= 0.6 is 0 Å². The summed E-state index contributed by atoms with van der Waals surface area (Å²) in [6, 6.07) is 1.54. The zero-order chi connectivity index (χ0) is 32.1. The van der Waals surface area contributed by atoms with E-state index in [-0.39, 0.29) is 48.1 Å². The Morgan fingerprint density at radius 2 is 1.66 bits per heavy atom. The third-order valence-electron chi connectivity index (χ3n) is 5.91. The van der Waals surface area contributed by atoms with Crippen LogP contribution in [-0.2, 0) is 27.4 Å². The van der Waals surface area contributed by atoms with Crippen molar-refractivity contribution >= 4 is 34.7 Å². The number of halogens is 6. The number of nitrogens with zero attached hydrogens (tertiary/aromatic N) is 8. The summed E-state index contributed by atoms with van der Waals surface area (Å²) >= 11 is 0. The number of hydrogen-bond acceptors (Lipinski definition) is 11. The van der Waals surface area contributed by atoms with Crippen molar-refractivity contribution in [3.8, 4) is 0 Å². The van der Waals surface area contributed by atoms with Gasteiger partial charge in [-0.25, -0.2) is 19.7 Å². The molecular weight excluding hydrogens is 604 g/mol. The number of piperazine rings is 1. The van der Waals surface area contributed by atoms with Gasteiger partial charge in [0.25, 0.3) is 0 Å². The fourth-order valence-corrected chi connectivity index (χ4v) is 4.12. The number of carbonyl (C=O) groups is 1. The molecule has 4 heterocycles. The molecule has 0 spiro atoms. The lowest BCUT2D eigenvalue weighted by atomic mass is 10.2. The maximum atomic E-state index is 12.8. The summed E-state index contributed by atoms with van der Waals surface area (Å²) < 4.78 is 92.5. The lowest BCUT2D eigenvalue weighted by Crippen LogP contribution is -2.50. The molecule has 3 aromatic heterocycles. The van der Waals surface area contributed by atoms with Crippen LogP contribution in [-0.4, -0.2) is 105 Å². The van der Waals surface area contributed by atoms with Gasteiger partial charge in [0, 0.05) is 32.4 Å². The number of nitrogens with one attached hydrogen (secondary N) is 1. The summed E-state index contributed by atoms with van der Waals surface area (Å²) in [6.45, 7) is 2.18. The van der Waals surface area contributed by atoms with Gasteiger partial charge in [-0.2, -0.15) is 36.4 Å². The van der Waals surface area contributed by atoms with Crippen molar-refractivity contribution in [3.05, 3.63) is 24.3 Å². The molecule has 19 heteroatoms. The van der Waals surface area contributed by atoms with E-state index in [0.717, 1.165) is 0 Å². The first-order chi connectivity index (χ1) is 20.6. The van der Waals surface area contributed by atoms with Gasteiger partial charge in [-0.3, -0.25) is 4.68 Å². The van der Waals surface area contributed by atoms with Gasteiger partial charge in [0.1, 0.15) is 47.7 Å². The zero-order valence-corrected chi connectivity index (χ0v) is 24.1. The molecule has 13 nitrogen and oxygen atoms in total. The molecule has 1 amide bonds. The van der Waals surface area contributed by atoms with Crippen LogP contribution < -0.4 is 10.2 Å². The average molecular weight is 636 g/mol. The van der Waals surface area contributed by atoms with Gasteiger partial charge < -0.3 is 29.3 Å². The van der Waals surface area contributed by atoms with Crippen molar-refractivity contribution in [2.45, 2.75) is 51.9 Å². The molecule has 3 aromatic rings. The maximum Gasteiger partial charge on any atom is 0.411 e. The summed E-state index contributed by atoms with van der Waals surface area (Å²) in [4.78, 5) is 33.0. The third-order valence-corrected chi connectivity index (χ3v) is 5.91. The Balaban J connectivity index is 1.68. The Bertz CT molecular complexity index is 1410. The second kappa shape index (κ2) is 13.3. The molecule has 0 bridgehead atoms.